The summed E-state index contributed by atoms with van der Waals surface area (Å²) in [5.41, 5.74) is 0.755. The van der Waals surface area contributed by atoms with Gasteiger partial charge in [-0.15, -0.1) is 23.1 Å². The molecule has 9 heteroatoms. The predicted octanol–water partition coefficient (Wildman–Crippen LogP) is 2.48. The van der Waals surface area contributed by atoms with Crippen LogP contribution in [0.2, 0.25) is 0 Å². The van der Waals surface area contributed by atoms with Gasteiger partial charge in [0.25, 0.3) is 0 Å². The Morgan fingerprint density at radius 3 is 2.96 bits per heavy atom. The maximum absolute atomic E-state index is 11.9. The first-order valence-electron chi connectivity index (χ1n) is 8.22. The lowest BCUT2D eigenvalue weighted by Crippen LogP contribution is -2.26. The van der Waals surface area contributed by atoms with Gasteiger partial charge in [0, 0.05) is 24.6 Å². The molecule has 6 nitrogen and oxygen atoms in total. The van der Waals surface area contributed by atoms with Crippen molar-refractivity contribution in [1.82, 2.24) is 10.3 Å². The van der Waals surface area contributed by atoms with E-state index in [9.17, 15) is 14.7 Å². The molecule has 0 fully saturated rings. The van der Waals surface area contributed by atoms with E-state index in [1.165, 1.54) is 23.1 Å². The summed E-state index contributed by atoms with van der Waals surface area (Å²) in [6.45, 7) is 1.88. The second kappa shape index (κ2) is 13.1. The highest BCUT2D eigenvalue weighted by molar-refractivity contribution is 8.14. The molecule has 1 atom stereocenters. The Balaban J connectivity index is 2.45. The van der Waals surface area contributed by atoms with Crippen LogP contribution >= 0.6 is 35.7 Å². The number of thiazole rings is 1. The highest BCUT2D eigenvalue weighted by atomic mass is 32.2. The SMILES string of the molecule is C/N=C(\SCCC(C)=O)c1csc(CNC(=O)C[C@H](O)/C=C/CCS)n1. The molecular weight excluding hydrogens is 390 g/mol. The van der Waals surface area contributed by atoms with Gasteiger partial charge in [-0.2, -0.15) is 12.6 Å². The number of Topliss-reactive ketones (excluding diaryl/α,β-unsaturated/α-hetero) is 1. The number of aromatic nitrogens is 1. The third kappa shape index (κ3) is 9.51. The van der Waals surface area contributed by atoms with Crippen LogP contribution in [0.25, 0.3) is 0 Å². The summed E-state index contributed by atoms with van der Waals surface area (Å²) >= 11 is 7.01. The summed E-state index contributed by atoms with van der Waals surface area (Å²) in [5, 5.41) is 15.9. The van der Waals surface area contributed by atoms with Crippen LogP contribution in [0.3, 0.4) is 0 Å². The number of hydrogen-bond donors (Lipinski definition) is 3. The Kier molecular flexibility index (Phi) is 11.5. The number of aliphatic imine (C=N–C) groups is 1. The fourth-order valence-corrected chi connectivity index (χ4v) is 3.77. The minimum atomic E-state index is -0.793. The van der Waals surface area contributed by atoms with Crippen molar-refractivity contribution in [2.75, 3.05) is 18.6 Å². The molecule has 1 amide bonds. The number of aliphatic hydroxyl groups excluding tert-OH is 1. The summed E-state index contributed by atoms with van der Waals surface area (Å²) in [6, 6.07) is 0. The fourth-order valence-electron chi connectivity index (χ4n) is 1.87. The van der Waals surface area contributed by atoms with Crippen LogP contribution < -0.4 is 5.32 Å². The summed E-state index contributed by atoms with van der Waals surface area (Å²) in [4.78, 5) is 31.6. The molecule has 0 aliphatic heterocycles. The lowest BCUT2D eigenvalue weighted by Gasteiger charge is -2.06. The number of nitrogens with one attached hydrogen (secondary N) is 1. The molecular formula is C17H25N3O3S3. The molecule has 0 unspecified atom stereocenters. The Morgan fingerprint density at radius 1 is 1.54 bits per heavy atom. The Morgan fingerprint density at radius 2 is 2.31 bits per heavy atom. The van der Waals surface area contributed by atoms with E-state index in [0.717, 1.165) is 22.2 Å². The number of allylic oxidation sites excluding steroid dienone is 1. The number of nitrogens with zero attached hydrogens (tertiary/aromatic N) is 2. The van der Waals surface area contributed by atoms with Gasteiger partial charge in [0.2, 0.25) is 5.91 Å². The molecule has 144 valence electrons. The topological polar surface area (TPSA) is 91.7 Å². The zero-order valence-electron chi connectivity index (χ0n) is 15.0. The monoisotopic (exact) mass is 415 g/mol. The summed E-state index contributed by atoms with van der Waals surface area (Å²) in [7, 11) is 1.69. The lowest BCUT2D eigenvalue weighted by molar-refractivity contribution is -0.122. The molecule has 0 aliphatic carbocycles. The molecule has 0 bridgehead atoms. The molecule has 1 rings (SSSR count). The van der Waals surface area contributed by atoms with Crippen molar-refractivity contribution in [2.45, 2.75) is 38.8 Å². The first-order valence-corrected chi connectivity index (χ1v) is 10.7. The van der Waals surface area contributed by atoms with Crippen LogP contribution in [-0.2, 0) is 16.1 Å². The normalized spacial score (nSPS) is 13.2. The average Bonchev–Trinajstić information content (AvgIpc) is 3.05. The van der Waals surface area contributed by atoms with Gasteiger partial charge < -0.3 is 10.4 Å². The Bertz CT molecular complexity index is 644. The minimum Gasteiger partial charge on any atom is -0.389 e. The molecule has 2 N–H and O–H groups in total. The van der Waals surface area contributed by atoms with Gasteiger partial charge in [0.15, 0.2) is 0 Å². The number of thioether (sulfide) groups is 1. The summed E-state index contributed by atoms with van der Waals surface area (Å²) < 4.78 is 0. The Labute approximate surface area is 168 Å². The number of hydrogen-bond acceptors (Lipinski definition) is 8. The Hall–Kier alpha value is -1.16. The number of carbonyl (C=O) groups excluding carboxylic acids is 2. The van der Waals surface area contributed by atoms with Crippen molar-refractivity contribution in [1.29, 1.82) is 0 Å². The van der Waals surface area contributed by atoms with Crippen LogP contribution in [-0.4, -0.2) is 51.5 Å². The second-order valence-corrected chi connectivity index (χ2v) is 7.92. The van der Waals surface area contributed by atoms with Gasteiger partial charge in [0.05, 0.1) is 19.1 Å². The molecule has 0 radical (unpaired) electrons. The highest BCUT2D eigenvalue weighted by Crippen LogP contribution is 2.18. The summed E-state index contributed by atoms with van der Waals surface area (Å²) in [6.07, 6.45) is 3.91. The molecule has 0 aliphatic rings. The van der Waals surface area contributed by atoms with Crippen molar-refractivity contribution in [3.63, 3.8) is 0 Å². The van der Waals surface area contributed by atoms with E-state index < -0.39 is 6.10 Å². The number of rotatable bonds is 11. The molecule has 0 saturated heterocycles. The standard InChI is InChI=1S/C17H25N3O3S3/c1-12(21)6-8-25-17(18-2)14-11-26-16(20-14)10-19-15(23)9-13(22)5-3-4-7-24/h3,5,11,13,22,24H,4,6-10H2,1-2H3,(H,19,23)/b5-3+,18-17-/t13-/m1/s1. The number of aliphatic hydroxyl groups is 1. The maximum atomic E-state index is 11.9. The van der Waals surface area contributed by atoms with E-state index in [1.807, 2.05) is 11.5 Å². The van der Waals surface area contributed by atoms with E-state index in [2.05, 4.69) is 27.9 Å². The number of carbonyl (C=O) groups is 2. The molecule has 1 heterocycles. The molecule has 0 spiro atoms. The van der Waals surface area contributed by atoms with Gasteiger partial charge in [-0.1, -0.05) is 12.2 Å². The average molecular weight is 416 g/mol. The maximum Gasteiger partial charge on any atom is 0.223 e. The molecule has 1 aromatic rings. The number of ketones is 1. The van der Waals surface area contributed by atoms with E-state index in [-0.39, 0.29) is 18.1 Å². The van der Waals surface area contributed by atoms with Gasteiger partial charge in [-0.25, -0.2) is 4.98 Å². The number of thiol groups is 1. The van der Waals surface area contributed by atoms with E-state index in [4.69, 9.17) is 0 Å². The zero-order valence-corrected chi connectivity index (χ0v) is 17.5. The van der Waals surface area contributed by atoms with Crippen LogP contribution in [0.1, 0.15) is 36.9 Å². The first-order chi connectivity index (χ1) is 12.5. The highest BCUT2D eigenvalue weighted by Gasteiger charge is 2.12. The minimum absolute atomic E-state index is 0.0177. The largest absolute Gasteiger partial charge is 0.389 e. The van der Waals surface area contributed by atoms with Crippen LogP contribution in [0, 0.1) is 0 Å². The second-order valence-electron chi connectivity index (χ2n) is 5.44. The van der Waals surface area contributed by atoms with Crippen molar-refractivity contribution >= 4 is 52.5 Å². The van der Waals surface area contributed by atoms with Crippen molar-refractivity contribution in [2.24, 2.45) is 4.99 Å². The first kappa shape index (κ1) is 22.9. The van der Waals surface area contributed by atoms with E-state index >= 15 is 0 Å². The third-order valence-electron chi connectivity index (χ3n) is 3.15. The molecule has 0 saturated carbocycles. The molecule has 1 aromatic heterocycles. The van der Waals surface area contributed by atoms with Crippen molar-refractivity contribution in [3.05, 3.63) is 28.2 Å². The van der Waals surface area contributed by atoms with Crippen LogP contribution in [0.5, 0.6) is 0 Å². The molecule has 26 heavy (non-hydrogen) atoms. The van der Waals surface area contributed by atoms with Gasteiger partial charge in [0.1, 0.15) is 21.5 Å². The van der Waals surface area contributed by atoms with Gasteiger partial charge in [-0.05, 0) is 19.1 Å². The van der Waals surface area contributed by atoms with Gasteiger partial charge >= 0.3 is 0 Å². The smallest absolute Gasteiger partial charge is 0.223 e. The fraction of sp³-hybridized carbons (Fsp3) is 0.529. The molecule has 0 aromatic carbocycles. The van der Waals surface area contributed by atoms with Crippen LogP contribution in [0.4, 0.5) is 0 Å². The van der Waals surface area contributed by atoms with E-state index in [0.29, 0.717) is 24.5 Å². The van der Waals surface area contributed by atoms with E-state index in [1.54, 1.807) is 20.0 Å². The lowest BCUT2D eigenvalue weighted by atomic mass is 10.2. The predicted molar refractivity (Wildman–Crippen MR) is 112 cm³/mol. The quantitative estimate of drug-likeness (QED) is 0.223. The summed E-state index contributed by atoms with van der Waals surface area (Å²) in [5.74, 6) is 1.30. The zero-order chi connectivity index (χ0) is 19.4. The van der Waals surface area contributed by atoms with Crippen molar-refractivity contribution < 1.29 is 14.7 Å². The van der Waals surface area contributed by atoms with Gasteiger partial charge in [-0.3, -0.25) is 14.6 Å². The third-order valence-corrected chi connectivity index (χ3v) is 5.33. The number of amides is 1. The van der Waals surface area contributed by atoms with Crippen LogP contribution in [0.15, 0.2) is 22.5 Å². The van der Waals surface area contributed by atoms with Crippen molar-refractivity contribution in [3.8, 4) is 0 Å².